The molecule has 1 saturated heterocycles. The number of carbonyl (C=O) groups is 2. The largest absolute Gasteiger partial charge is 0.393 e. The molecule has 1 heterocycles. The van der Waals surface area contributed by atoms with Crippen molar-refractivity contribution in [2.24, 2.45) is 5.92 Å². The molecule has 1 aromatic rings. The van der Waals surface area contributed by atoms with Gasteiger partial charge in [0.2, 0.25) is 0 Å². The van der Waals surface area contributed by atoms with Gasteiger partial charge in [-0.25, -0.2) is 0 Å². The molecule has 0 amide bonds. The minimum absolute atomic E-state index is 0.0241. The zero-order chi connectivity index (χ0) is 12.3. The highest BCUT2D eigenvalue weighted by atomic mass is 16.6. The van der Waals surface area contributed by atoms with Crippen molar-refractivity contribution >= 4 is 18.0 Å². The molecule has 0 spiro atoms. The quantitative estimate of drug-likeness (QED) is 0.579. The first-order chi connectivity index (χ1) is 8.15. The summed E-state index contributed by atoms with van der Waals surface area (Å²) in [6, 6.07) is 9.85. The van der Waals surface area contributed by atoms with Gasteiger partial charge >= 0.3 is 11.9 Å². The second-order valence-corrected chi connectivity index (χ2v) is 4.25. The standard InChI is InChI=1S/C14H14O3/c1-10(7-11-5-3-2-4-6-11)12-8-13(15)17-14(16)9-12/h2-7,12H,8-9H2,1H3/b10-7-. The van der Waals surface area contributed by atoms with Crippen LogP contribution in [0.3, 0.4) is 0 Å². The molecule has 3 heteroatoms. The molecule has 0 aromatic heterocycles. The summed E-state index contributed by atoms with van der Waals surface area (Å²) in [5.41, 5.74) is 2.12. The summed E-state index contributed by atoms with van der Waals surface area (Å²) in [6.45, 7) is 1.95. The summed E-state index contributed by atoms with van der Waals surface area (Å²) in [7, 11) is 0. The molecular formula is C14H14O3. The number of carbonyl (C=O) groups excluding carboxylic acids is 2. The van der Waals surface area contributed by atoms with Crippen LogP contribution in [0, 0.1) is 5.92 Å². The average molecular weight is 230 g/mol. The van der Waals surface area contributed by atoms with Crippen molar-refractivity contribution in [2.45, 2.75) is 19.8 Å². The van der Waals surface area contributed by atoms with Gasteiger partial charge in [0.25, 0.3) is 0 Å². The highest BCUT2D eigenvalue weighted by Gasteiger charge is 2.27. The van der Waals surface area contributed by atoms with Crippen LogP contribution in [0.2, 0.25) is 0 Å². The van der Waals surface area contributed by atoms with Crippen LogP contribution in [0.1, 0.15) is 25.3 Å². The van der Waals surface area contributed by atoms with Gasteiger partial charge < -0.3 is 4.74 Å². The molecule has 0 radical (unpaired) electrons. The lowest BCUT2D eigenvalue weighted by atomic mass is 9.90. The third-order valence-corrected chi connectivity index (χ3v) is 2.89. The Labute approximate surface area is 100 Å². The third kappa shape index (κ3) is 3.03. The molecule has 0 atom stereocenters. The zero-order valence-corrected chi connectivity index (χ0v) is 9.68. The molecule has 0 unspecified atom stereocenters. The van der Waals surface area contributed by atoms with Crippen LogP contribution < -0.4 is 0 Å². The molecular weight excluding hydrogens is 216 g/mol. The fourth-order valence-electron chi connectivity index (χ4n) is 1.94. The maximum atomic E-state index is 11.2. The van der Waals surface area contributed by atoms with Crippen LogP contribution in [0.25, 0.3) is 6.08 Å². The van der Waals surface area contributed by atoms with E-state index in [-0.39, 0.29) is 5.92 Å². The Morgan fingerprint density at radius 3 is 2.35 bits per heavy atom. The highest BCUT2D eigenvalue weighted by molar-refractivity contribution is 5.89. The van der Waals surface area contributed by atoms with E-state index < -0.39 is 11.9 Å². The van der Waals surface area contributed by atoms with E-state index in [0.717, 1.165) is 11.1 Å². The molecule has 1 aromatic carbocycles. The normalized spacial score (nSPS) is 18.1. The number of allylic oxidation sites excluding steroid dienone is 1. The molecule has 0 aliphatic carbocycles. The number of ether oxygens (including phenoxy) is 1. The molecule has 3 nitrogen and oxygen atoms in total. The SMILES string of the molecule is C/C(=C/c1ccccc1)C1CC(=O)OC(=O)C1. The fourth-order valence-corrected chi connectivity index (χ4v) is 1.94. The smallest absolute Gasteiger partial charge is 0.314 e. The van der Waals surface area contributed by atoms with Crippen LogP contribution in [0.4, 0.5) is 0 Å². The first-order valence-electron chi connectivity index (χ1n) is 5.62. The topological polar surface area (TPSA) is 43.4 Å². The predicted octanol–water partition coefficient (Wildman–Crippen LogP) is 2.57. The van der Waals surface area contributed by atoms with Crippen LogP contribution in [-0.2, 0) is 14.3 Å². The van der Waals surface area contributed by atoms with Crippen molar-refractivity contribution in [3.05, 3.63) is 41.5 Å². The molecule has 0 N–H and O–H groups in total. The summed E-state index contributed by atoms with van der Waals surface area (Å²) in [4.78, 5) is 22.3. The van der Waals surface area contributed by atoms with E-state index in [1.54, 1.807) is 0 Å². The highest BCUT2D eigenvalue weighted by Crippen LogP contribution is 2.26. The first-order valence-corrected chi connectivity index (χ1v) is 5.62. The van der Waals surface area contributed by atoms with Crippen LogP contribution >= 0.6 is 0 Å². The number of benzene rings is 1. The Hall–Kier alpha value is -1.90. The Balaban J connectivity index is 2.14. The second-order valence-electron chi connectivity index (χ2n) is 4.25. The van der Waals surface area contributed by atoms with Gasteiger partial charge in [-0.05, 0) is 12.5 Å². The average Bonchev–Trinajstić information content (AvgIpc) is 2.29. The van der Waals surface area contributed by atoms with Gasteiger partial charge in [-0.3, -0.25) is 9.59 Å². The number of cyclic esters (lactones) is 2. The van der Waals surface area contributed by atoms with Crippen molar-refractivity contribution < 1.29 is 14.3 Å². The lowest BCUT2D eigenvalue weighted by molar-refractivity contribution is -0.164. The maximum absolute atomic E-state index is 11.2. The Morgan fingerprint density at radius 2 is 1.76 bits per heavy atom. The van der Waals surface area contributed by atoms with Crippen molar-refractivity contribution in [3.63, 3.8) is 0 Å². The molecule has 1 aliphatic heterocycles. The van der Waals surface area contributed by atoms with Crippen molar-refractivity contribution in [1.82, 2.24) is 0 Å². The predicted molar refractivity (Wildman–Crippen MR) is 63.9 cm³/mol. The van der Waals surface area contributed by atoms with E-state index in [2.05, 4.69) is 4.74 Å². The van der Waals surface area contributed by atoms with Gasteiger partial charge in [-0.2, -0.15) is 0 Å². The molecule has 1 aliphatic rings. The van der Waals surface area contributed by atoms with Crippen LogP contribution in [0.5, 0.6) is 0 Å². The van der Waals surface area contributed by atoms with E-state index in [9.17, 15) is 9.59 Å². The van der Waals surface area contributed by atoms with Crippen molar-refractivity contribution in [2.75, 3.05) is 0 Å². The lowest BCUT2D eigenvalue weighted by Crippen LogP contribution is -2.25. The van der Waals surface area contributed by atoms with Gasteiger partial charge in [0.15, 0.2) is 0 Å². The van der Waals surface area contributed by atoms with E-state index in [1.807, 2.05) is 43.3 Å². The number of hydrogen-bond donors (Lipinski definition) is 0. The number of hydrogen-bond acceptors (Lipinski definition) is 3. The van der Waals surface area contributed by atoms with E-state index in [0.29, 0.717) is 12.8 Å². The second kappa shape index (κ2) is 4.95. The Bertz CT molecular complexity index is 444. The van der Waals surface area contributed by atoms with Gasteiger partial charge in [-0.1, -0.05) is 42.0 Å². The number of esters is 2. The van der Waals surface area contributed by atoms with Gasteiger partial charge in [-0.15, -0.1) is 0 Å². The van der Waals surface area contributed by atoms with Crippen LogP contribution in [-0.4, -0.2) is 11.9 Å². The minimum atomic E-state index is -0.424. The third-order valence-electron chi connectivity index (χ3n) is 2.89. The molecule has 0 saturated carbocycles. The fraction of sp³-hybridized carbons (Fsp3) is 0.286. The summed E-state index contributed by atoms with van der Waals surface area (Å²) < 4.78 is 4.51. The Kier molecular flexibility index (Phi) is 3.38. The summed E-state index contributed by atoms with van der Waals surface area (Å²) in [5, 5.41) is 0. The van der Waals surface area contributed by atoms with E-state index in [4.69, 9.17) is 0 Å². The van der Waals surface area contributed by atoms with Gasteiger partial charge in [0, 0.05) is 5.92 Å². The van der Waals surface area contributed by atoms with Crippen molar-refractivity contribution in [3.8, 4) is 0 Å². The van der Waals surface area contributed by atoms with Crippen molar-refractivity contribution in [1.29, 1.82) is 0 Å². The monoisotopic (exact) mass is 230 g/mol. The molecule has 1 fully saturated rings. The summed E-state index contributed by atoms with van der Waals surface area (Å²) in [6.07, 6.45) is 2.60. The molecule has 0 bridgehead atoms. The Morgan fingerprint density at radius 1 is 1.18 bits per heavy atom. The zero-order valence-electron chi connectivity index (χ0n) is 9.68. The van der Waals surface area contributed by atoms with E-state index >= 15 is 0 Å². The first kappa shape index (κ1) is 11.6. The molecule has 17 heavy (non-hydrogen) atoms. The lowest BCUT2D eigenvalue weighted by Gasteiger charge is -2.20. The summed E-state index contributed by atoms with van der Waals surface area (Å²) >= 11 is 0. The molecule has 88 valence electrons. The maximum Gasteiger partial charge on any atom is 0.314 e. The number of rotatable bonds is 2. The van der Waals surface area contributed by atoms with Crippen LogP contribution in [0.15, 0.2) is 35.9 Å². The van der Waals surface area contributed by atoms with Gasteiger partial charge in [0.05, 0.1) is 12.8 Å². The summed E-state index contributed by atoms with van der Waals surface area (Å²) in [5.74, 6) is -0.872. The van der Waals surface area contributed by atoms with E-state index in [1.165, 1.54) is 0 Å². The molecule has 2 rings (SSSR count). The van der Waals surface area contributed by atoms with Gasteiger partial charge in [0.1, 0.15) is 0 Å². The minimum Gasteiger partial charge on any atom is -0.393 e.